The number of guanidine groups is 1. The van der Waals surface area contributed by atoms with Gasteiger partial charge in [0.1, 0.15) is 5.75 Å². The highest BCUT2D eigenvalue weighted by molar-refractivity contribution is 5.93. The molecule has 0 spiro atoms. The van der Waals surface area contributed by atoms with Gasteiger partial charge in [0.25, 0.3) is 0 Å². The molecule has 0 unspecified atom stereocenters. The third-order valence-electron chi connectivity index (χ3n) is 4.80. The van der Waals surface area contributed by atoms with E-state index < -0.39 is 0 Å². The van der Waals surface area contributed by atoms with Crippen LogP contribution in [0.4, 0.5) is 5.69 Å². The van der Waals surface area contributed by atoms with Gasteiger partial charge in [0.2, 0.25) is 0 Å². The Morgan fingerprint density at radius 2 is 1.64 bits per heavy atom. The molecule has 2 aromatic rings. The van der Waals surface area contributed by atoms with Gasteiger partial charge < -0.3 is 15.4 Å². The predicted molar refractivity (Wildman–Crippen MR) is 117 cm³/mol. The lowest BCUT2D eigenvalue weighted by atomic mass is 10.1. The van der Waals surface area contributed by atoms with Crippen molar-refractivity contribution in [2.45, 2.75) is 45.9 Å². The Balaban J connectivity index is 1.48. The number of benzene rings is 2. The van der Waals surface area contributed by atoms with Gasteiger partial charge in [-0.05, 0) is 75.2 Å². The van der Waals surface area contributed by atoms with E-state index in [1.807, 2.05) is 38.1 Å². The van der Waals surface area contributed by atoms with Crippen molar-refractivity contribution in [1.82, 2.24) is 10.2 Å². The topological polar surface area (TPSA) is 48.9 Å². The second-order valence-electron chi connectivity index (χ2n) is 7.54. The first-order valence-corrected chi connectivity index (χ1v) is 10.2. The summed E-state index contributed by atoms with van der Waals surface area (Å²) in [5.41, 5.74) is 3.61. The van der Waals surface area contributed by atoms with Crippen LogP contribution in [0.3, 0.4) is 0 Å². The molecule has 1 fully saturated rings. The Kier molecular flexibility index (Phi) is 7.31. The summed E-state index contributed by atoms with van der Waals surface area (Å²) in [4.78, 5) is 6.84. The van der Waals surface area contributed by atoms with E-state index >= 15 is 0 Å². The number of anilines is 1. The molecule has 5 nitrogen and oxygen atoms in total. The minimum atomic E-state index is 0.176. The molecule has 0 radical (unpaired) electrons. The molecule has 150 valence electrons. The number of nitrogens with one attached hydrogen (secondary N) is 2. The van der Waals surface area contributed by atoms with Crippen molar-refractivity contribution >= 4 is 11.6 Å². The standard InChI is InChI=1S/C23H32N4O/c1-18(2)28-22-12-10-21(11-13-22)26-23(24-3)25-16-19-6-8-20(9-7-19)17-27-14-4-5-15-27/h6-13,18H,4-5,14-17H2,1-3H3,(H2,24,25,26). The first-order chi connectivity index (χ1) is 13.6. The Morgan fingerprint density at radius 3 is 2.25 bits per heavy atom. The first kappa shape index (κ1) is 20.2. The van der Waals surface area contributed by atoms with Crippen LogP contribution < -0.4 is 15.4 Å². The van der Waals surface area contributed by atoms with Gasteiger partial charge in [0.05, 0.1) is 6.10 Å². The van der Waals surface area contributed by atoms with Crippen molar-refractivity contribution in [1.29, 1.82) is 0 Å². The molecule has 3 rings (SSSR count). The molecule has 0 aromatic heterocycles. The monoisotopic (exact) mass is 380 g/mol. The molecule has 28 heavy (non-hydrogen) atoms. The second-order valence-corrected chi connectivity index (χ2v) is 7.54. The molecule has 1 aliphatic heterocycles. The Labute approximate surface area is 168 Å². The molecule has 2 aromatic carbocycles. The number of hydrogen-bond donors (Lipinski definition) is 2. The Hall–Kier alpha value is -2.53. The van der Waals surface area contributed by atoms with Crippen LogP contribution >= 0.6 is 0 Å². The summed E-state index contributed by atoms with van der Waals surface area (Å²) in [5, 5.41) is 6.69. The third kappa shape index (κ3) is 6.27. The van der Waals surface area contributed by atoms with Crippen LogP contribution in [-0.4, -0.2) is 37.1 Å². The van der Waals surface area contributed by atoms with Crippen molar-refractivity contribution in [2.24, 2.45) is 4.99 Å². The summed E-state index contributed by atoms with van der Waals surface area (Å²) in [6.07, 6.45) is 2.85. The highest BCUT2D eigenvalue weighted by Crippen LogP contribution is 2.17. The van der Waals surface area contributed by atoms with Crippen LogP contribution in [-0.2, 0) is 13.1 Å². The summed E-state index contributed by atoms with van der Waals surface area (Å²) in [7, 11) is 1.78. The maximum atomic E-state index is 5.68. The number of likely N-dealkylation sites (tertiary alicyclic amines) is 1. The summed E-state index contributed by atoms with van der Waals surface area (Å²) in [6.45, 7) is 8.31. The quantitative estimate of drug-likeness (QED) is 0.557. The lowest BCUT2D eigenvalue weighted by Gasteiger charge is -2.15. The van der Waals surface area contributed by atoms with Crippen LogP contribution in [0.25, 0.3) is 0 Å². The number of aliphatic imine (C=N–C) groups is 1. The van der Waals surface area contributed by atoms with Crippen LogP contribution in [0.2, 0.25) is 0 Å². The van der Waals surface area contributed by atoms with Crippen LogP contribution in [0.5, 0.6) is 5.75 Å². The molecule has 5 heteroatoms. The molecule has 0 saturated carbocycles. The van der Waals surface area contributed by atoms with Gasteiger partial charge in [-0.2, -0.15) is 0 Å². The van der Waals surface area contributed by atoms with E-state index in [-0.39, 0.29) is 6.10 Å². The zero-order chi connectivity index (χ0) is 19.8. The van der Waals surface area contributed by atoms with Crippen molar-refractivity contribution in [3.05, 3.63) is 59.7 Å². The van der Waals surface area contributed by atoms with Gasteiger partial charge in [-0.25, -0.2) is 0 Å². The van der Waals surface area contributed by atoms with Gasteiger partial charge in [-0.15, -0.1) is 0 Å². The maximum Gasteiger partial charge on any atom is 0.195 e. The smallest absolute Gasteiger partial charge is 0.195 e. The SMILES string of the molecule is CN=C(NCc1ccc(CN2CCCC2)cc1)Nc1ccc(OC(C)C)cc1. The molecule has 1 saturated heterocycles. The molecule has 0 bridgehead atoms. The Bertz CT molecular complexity index is 747. The largest absolute Gasteiger partial charge is 0.491 e. The normalized spacial score (nSPS) is 15.1. The molecule has 0 aliphatic carbocycles. The van der Waals surface area contributed by atoms with E-state index in [0.717, 1.165) is 30.5 Å². The van der Waals surface area contributed by atoms with Crippen LogP contribution in [0.1, 0.15) is 37.8 Å². The first-order valence-electron chi connectivity index (χ1n) is 10.2. The van der Waals surface area contributed by atoms with E-state index in [1.165, 1.54) is 37.1 Å². The van der Waals surface area contributed by atoms with E-state index in [2.05, 4.69) is 44.8 Å². The number of hydrogen-bond acceptors (Lipinski definition) is 3. The van der Waals surface area contributed by atoms with Gasteiger partial charge in [-0.3, -0.25) is 9.89 Å². The van der Waals surface area contributed by atoms with E-state index in [4.69, 9.17) is 4.74 Å². The molecular weight excluding hydrogens is 348 g/mol. The zero-order valence-electron chi connectivity index (χ0n) is 17.2. The molecule has 0 atom stereocenters. The average molecular weight is 381 g/mol. The van der Waals surface area contributed by atoms with Gasteiger partial charge in [0, 0.05) is 25.8 Å². The number of ether oxygens (including phenoxy) is 1. The van der Waals surface area contributed by atoms with Gasteiger partial charge in [0.15, 0.2) is 5.96 Å². The Morgan fingerprint density at radius 1 is 1.00 bits per heavy atom. The predicted octanol–water partition coefficient (Wildman–Crippen LogP) is 4.26. The summed E-state index contributed by atoms with van der Waals surface area (Å²) >= 11 is 0. The fraction of sp³-hybridized carbons (Fsp3) is 0.435. The van der Waals surface area contributed by atoms with Crippen LogP contribution in [0, 0.1) is 0 Å². The molecule has 2 N–H and O–H groups in total. The lowest BCUT2D eigenvalue weighted by molar-refractivity contribution is 0.242. The van der Waals surface area contributed by atoms with E-state index in [9.17, 15) is 0 Å². The van der Waals surface area contributed by atoms with Gasteiger partial charge >= 0.3 is 0 Å². The number of rotatable bonds is 7. The molecule has 1 aliphatic rings. The second kappa shape index (κ2) is 10.1. The summed E-state index contributed by atoms with van der Waals surface area (Å²) in [6, 6.07) is 16.8. The average Bonchev–Trinajstić information content (AvgIpc) is 3.20. The van der Waals surface area contributed by atoms with Crippen molar-refractivity contribution in [2.75, 3.05) is 25.5 Å². The fourth-order valence-corrected chi connectivity index (χ4v) is 3.35. The van der Waals surface area contributed by atoms with E-state index in [0.29, 0.717) is 0 Å². The highest BCUT2D eigenvalue weighted by atomic mass is 16.5. The zero-order valence-corrected chi connectivity index (χ0v) is 17.2. The lowest BCUT2D eigenvalue weighted by Crippen LogP contribution is -2.30. The minimum absolute atomic E-state index is 0.176. The van der Waals surface area contributed by atoms with Crippen molar-refractivity contribution in [3.63, 3.8) is 0 Å². The minimum Gasteiger partial charge on any atom is -0.491 e. The molecule has 1 heterocycles. The van der Waals surface area contributed by atoms with Crippen LogP contribution in [0.15, 0.2) is 53.5 Å². The fourth-order valence-electron chi connectivity index (χ4n) is 3.35. The van der Waals surface area contributed by atoms with Crippen molar-refractivity contribution < 1.29 is 4.74 Å². The number of nitrogens with zero attached hydrogens (tertiary/aromatic N) is 2. The highest BCUT2D eigenvalue weighted by Gasteiger charge is 2.11. The van der Waals surface area contributed by atoms with E-state index in [1.54, 1.807) is 7.05 Å². The molecular formula is C23H32N4O. The summed E-state index contributed by atoms with van der Waals surface area (Å²) < 4.78 is 5.68. The maximum absolute atomic E-state index is 5.68. The third-order valence-corrected chi connectivity index (χ3v) is 4.80. The molecule has 0 amide bonds. The summed E-state index contributed by atoms with van der Waals surface area (Å²) in [5.74, 6) is 1.62. The van der Waals surface area contributed by atoms with Crippen molar-refractivity contribution in [3.8, 4) is 5.75 Å². The van der Waals surface area contributed by atoms with Gasteiger partial charge in [-0.1, -0.05) is 24.3 Å².